The average molecular weight is 179 g/mol. The molecule has 0 amide bonds. The lowest BCUT2D eigenvalue weighted by Gasteiger charge is -2.27. The molecule has 2 rings (SSSR count). The molecule has 0 saturated carbocycles. The van der Waals surface area contributed by atoms with Gasteiger partial charge < -0.3 is 15.2 Å². The van der Waals surface area contributed by atoms with Gasteiger partial charge in [0.1, 0.15) is 11.9 Å². The second-order valence-corrected chi connectivity index (χ2v) is 3.25. The number of aliphatic hydroxyl groups is 1. The molecule has 1 heterocycles. The fraction of sp³-hybridized carbons (Fsp3) is 0.400. The number of para-hydroxylation sites is 1. The van der Waals surface area contributed by atoms with Gasteiger partial charge in [0.25, 0.3) is 0 Å². The number of benzene rings is 1. The lowest BCUT2D eigenvalue weighted by atomic mass is 10.1. The van der Waals surface area contributed by atoms with Crippen LogP contribution in [0.25, 0.3) is 0 Å². The summed E-state index contributed by atoms with van der Waals surface area (Å²) in [4.78, 5) is 0. The zero-order chi connectivity index (χ0) is 9.26. The Morgan fingerprint density at radius 1 is 1.62 bits per heavy atom. The van der Waals surface area contributed by atoms with E-state index in [9.17, 15) is 0 Å². The van der Waals surface area contributed by atoms with Crippen molar-refractivity contribution >= 4 is 5.69 Å². The van der Waals surface area contributed by atoms with Gasteiger partial charge >= 0.3 is 0 Å². The van der Waals surface area contributed by atoms with Crippen LogP contribution in [0, 0.1) is 6.92 Å². The molecule has 70 valence electrons. The molecule has 1 aliphatic rings. The summed E-state index contributed by atoms with van der Waals surface area (Å²) in [5.41, 5.74) is 2.22. The van der Waals surface area contributed by atoms with Crippen LogP contribution in [0.5, 0.6) is 5.75 Å². The number of hydrogen-bond donors (Lipinski definition) is 2. The minimum atomic E-state index is -0.116. The molecule has 1 aromatic carbocycles. The quantitative estimate of drug-likeness (QED) is 0.679. The minimum Gasteiger partial charge on any atom is -0.484 e. The second-order valence-electron chi connectivity index (χ2n) is 3.25. The summed E-state index contributed by atoms with van der Waals surface area (Å²) in [6.07, 6.45) is -0.116. The van der Waals surface area contributed by atoms with Crippen molar-refractivity contribution in [3.05, 3.63) is 23.8 Å². The van der Waals surface area contributed by atoms with E-state index in [1.54, 1.807) is 0 Å². The van der Waals surface area contributed by atoms with E-state index in [-0.39, 0.29) is 12.7 Å². The number of rotatable bonds is 1. The van der Waals surface area contributed by atoms with Crippen molar-refractivity contribution < 1.29 is 9.84 Å². The van der Waals surface area contributed by atoms with E-state index in [0.29, 0.717) is 6.54 Å². The van der Waals surface area contributed by atoms with E-state index in [1.165, 1.54) is 5.56 Å². The van der Waals surface area contributed by atoms with Crippen LogP contribution in [0.15, 0.2) is 18.2 Å². The molecule has 0 radical (unpaired) electrons. The van der Waals surface area contributed by atoms with E-state index in [0.717, 1.165) is 11.4 Å². The Bertz CT molecular complexity index is 312. The average Bonchev–Trinajstić information content (AvgIpc) is 2.18. The maximum absolute atomic E-state index is 8.92. The highest BCUT2D eigenvalue weighted by molar-refractivity contribution is 5.62. The van der Waals surface area contributed by atoms with Gasteiger partial charge in [-0.15, -0.1) is 0 Å². The lowest BCUT2D eigenvalue weighted by molar-refractivity contribution is 0.120. The monoisotopic (exact) mass is 179 g/mol. The minimum absolute atomic E-state index is 0.0559. The summed E-state index contributed by atoms with van der Waals surface area (Å²) >= 11 is 0. The molecule has 0 spiro atoms. The molecule has 2 N–H and O–H groups in total. The van der Waals surface area contributed by atoms with Crippen LogP contribution in [0.3, 0.4) is 0 Å². The summed E-state index contributed by atoms with van der Waals surface area (Å²) in [6.45, 7) is 2.77. The Kier molecular flexibility index (Phi) is 2.10. The van der Waals surface area contributed by atoms with Gasteiger partial charge in [0.2, 0.25) is 0 Å². The van der Waals surface area contributed by atoms with Crippen molar-refractivity contribution in [1.82, 2.24) is 0 Å². The molecular formula is C10H13NO2. The first-order valence-corrected chi connectivity index (χ1v) is 4.42. The molecule has 1 aromatic rings. The number of aliphatic hydroxyl groups excluding tert-OH is 1. The summed E-state index contributed by atoms with van der Waals surface area (Å²) in [5, 5.41) is 12.2. The van der Waals surface area contributed by atoms with Crippen molar-refractivity contribution in [2.75, 3.05) is 18.5 Å². The fourth-order valence-electron chi connectivity index (χ4n) is 1.50. The summed E-state index contributed by atoms with van der Waals surface area (Å²) in [5.74, 6) is 0.838. The van der Waals surface area contributed by atoms with Crippen molar-refractivity contribution in [3.8, 4) is 5.75 Å². The largest absolute Gasteiger partial charge is 0.484 e. The molecule has 0 fully saturated rings. The highest BCUT2D eigenvalue weighted by atomic mass is 16.5. The van der Waals surface area contributed by atoms with E-state index in [2.05, 4.69) is 5.32 Å². The third-order valence-corrected chi connectivity index (χ3v) is 2.24. The van der Waals surface area contributed by atoms with Crippen LogP contribution in [0.2, 0.25) is 0 Å². The predicted molar refractivity (Wildman–Crippen MR) is 51.2 cm³/mol. The topological polar surface area (TPSA) is 41.5 Å². The lowest BCUT2D eigenvalue weighted by Crippen LogP contribution is -2.33. The van der Waals surface area contributed by atoms with Crippen LogP contribution < -0.4 is 10.1 Å². The van der Waals surface area contributed by atoms with Crippen LogP contribution in [0.4, 0.5) is 5.69 Å². The molecule has 0 unspecified atom stereocenters. The normalized spacial score (nSPS) is 20.0. The first-order chi connectivity index (χ1) is 6.31. The van der Waals surface area contributed by atoms with E-state index in [4.69, 9.17) is 9.84 Å². The molecule has 3 nitrogen and oxygen atoms in total. The molecule has 1 atom stereocenters. The van der Waals surface area contributed by atoms with Gasteiger partial charge in [-0.1, -0.05) is 12.1 Å². The summed E-state index contributed by atoms with van der Waals surface area (Å²) in [7, 11) is 0. The zero-order valence-electron chi connectivity index (χ0n) is 7.58. The molecule has 0 saturated heterocycles. The third kappa shape index (κ3) is 1.47. The fourth-order valence-corrected chi connectivity index (χ4v) is 1.50. The number of ether oxygens (including phenoxy) is 1. The maximum atomic E-state index is 8.92. The summed E-state index contributed by atoms with van der Waals surface area (Å²) < 4.78 is 5.55. The van der Waals surface area contributed by atoms with Gasteiger partial charge in [-0.2, -0.15) is 0 Å². The van der Waals surface area contributed by atoms with Gasteiger partial charge in [-0.25, -0.2) is 0 Å². The number of hydrogen-bond acceptors (Lipinski definition) is 3. The predicted octanol–water partition coefficient (Wildman–Crippen LogP) is 1.16. The molecule has 0 aromatic heterocycles. The van der Waals surface area contributed by atoms with Crippen LogP contribution >= 0.6 is 0 Å². The van der Waals surface area contributed by atoms with Crippen molar-refractivity contribution in [1.29, 1.82) is 0 Å². The number of fused-ring (bicyclic) bond motifs is 1. The molecule has 0 aliphatic carbocycles. The summed E-state index contributed by atoms with van der Waals surface area (Å²) in [6, 6.07) is 5.90. The first kappa shape index (κ1) is 8.38. The molecule has 1 aliphatic heterocycles. The molecule has 13 heavy (non-hydrogen) atoms. The Hall–Kier alpha value is -1.22. The van der Waals surface area contributed by atoms with Gasteiger partial charge in [0, 0.05) is 0 Å². The Labute approximate surface area is 77.3 Å². The first-order valence-electron chi connectivity index (χ1n) is 4.42. The van der Waals surface area contributed by atoms with Crippen LogP contribution in [-0.2, 0) is 0 Å². The van der Waals surface area contributed by atoms with Gasteiger partial charge in [0.05, 0.1) is 18.8 Å². The Balaban J connectivity index is 2.31. The molecule has 3 heteroatoms. The SMILES string of the molecule is Cc1cccc2c1NC[C@H](CO)O2. The number of aryl methyl sites for hydroxylation is 1. The molecular weight excluding hydrogens is 166 g/mol. The third-order valence-electron chi connectivity index (χ3n) is 2.24. The van der Waals surface area contributed by atoms with E-state index < -0.39 is 0 Å². The van der Waals surface area contributed by atoms with Gasteiger partial charge in [-0.3, -0.25) is 0 Å². The van der Waals surface area contributed by atoms with E-state index in [1.807, 2.05) is 25.1 Å². The smallest absolute Gasteiger partial charge is 0.143 e. The zero-order valence-corrected chi connectivity index (χ0v) is 7.58. The maximum Gasteiger partial charge on any atom is 0.143 e. The standard InChI is InChI=1S/C10H13NO2/c1-7-3-2-4-9-10(7)11-5-8(6-12)13-9/h2-4,8,11-12H,5-6H2,1H3/t8-/m1/s1. The van der Waals surface area contributed by atoms with Crippen LogP contribution in [0.1, 0.15) is 5.56 Å². The number of anilines is 1. The highest BCUT2D eigenvalue weighted by Crippen LogP contribution is 2.31. The number of nitrogens with one attached hydrogen (secondary N) is 1. The van der Waals surface area contributed by atoms with Crippen LogP contribution in [-0.4, -0.2) is 24.4 Å². The van der Waals surface area contributed by atoms with E-state index >= 15 is 0 Å². The van der Waals surface area contributed by atoms with Crippen molar-refractivity contribution in [2.24, 2.45) is 0 Å². The van der Waals surface area contributed by atoms with Crippen molar-refractivity contribution in [2.45, 2.75) is 13.0 Å². The highest BCUT2D eigenvalue weighted by Gasteiger charge is 2.18. The second kappa shape index (κ2) is 3.26. The van der Waals surface area contributed by atoms with Crippen molar-refractivity contribution in [3.63, 3.8) is 0 Å². The molecule has 0 bridgehead atoms. The Morgan fingerprint density at radius 3 is 3.23 bits per heavy atom. The Morgan fingerprint density at radius 2 is 2.46 bits per heavy atom. The van der Waals surface area contributed by atoms with Gasteiger partial charge in [0.15, 0.2) is 0 Å². The van der Waals surface area contributed by atoms with Gasteiger partial charge in [-0.05, 0) is 18.6 Å².